The van der Waals surface area contributed by atoms with Crippen molar-refractivity contribution in [2.45, 2.75) is 12.1 Å². The maximum absolute atomic E-state index is 14.1. The Morgan fingerprint density at radius 1 is 1.15 bits per heavy atom. The minimum Gasteiger partial charge on any atom is -0.442 e. The van der Waals surface area contributed by atoms with Crippen molar-refractivity contribution < 1.29 is 22.3 Å². The molecule has 8 heteroatoms. The summed E-state index contributed by atoms with van der Waals surface area (Å²) in [6.07, 6.45) is -4.81. The molecule has 0 aliphatic carbocycles. The van der Waals surface area contributed by atoms with Crippen LogP contribution in [0.25, 0.3) is 0 Å². The summed E-state index contributed by atoms with van der Waals surface area (Å²) in [5, 5.41) is 17.5. The molecule has 0 aromatic heterocycles. The van der Waals surface area contributed by atoms with Crippen LogP contribution in [0.4, 0.5) is 23.2 Å². The molecular weight excluding hydrogens is 362 g/mol. The molecule has 2 aromatic rings. The molecule has 2 unspecified atom stereocenters. The molecule has 0 saturated carbocycles. The molecule has 0 fully saturated rings. The van der Waals surface area contributed by atoms with Crippen molar-refractivity contribution in [3.63, 3.8) is 0 Å². The van der Waals surface area contributed by atoms with Crippen LogP contribution in [0.1, 0.15) is 22.6 Å². The molecule has 140 valence electrons. The fourth-order valence-corrected chi connectivity index (χ4v) is 3.12. The summed E-state index contributed by atoms with van der Waals surface area (Å²) in [5.41, 5.74) is 0.112. The lowest BCUT2D eigenvalue weighted by Crippen LogP contribution is -2.31. The first-order valence-corrected chi connectivity index (χ1v) is 7.97. The summed E-state index contributed by atoms with van der Waals surface area (Å²) in [6, 6.07) is 9.64. The van der Waals surface area contributed by atoms with E-state index < -0.39 is 29.4 Å². The topological polar surface area (TPSA) is 60.1 Å². The second kappa shape index (κ2) is 6.58. The number of benzene rings is 2. The van der Waals surface area contributed by atoms with Gasteiger partial charge in [-0.05, 0) is 23.8 Å². The van der Waals surface area contributed by atoms with Gasteiger partial charge in [0.1, 0.15) is 17.5 Å². The Labute approximate surface area is 153 Å². The van der Waals surface area contributed by atoms with Gasteiger partial charge >= 0.3 is 6.18 Å². The molecule has 2 aromatic carbocycles. The quantitative estimate of drug-likeness (QED) is 0.781. The van der Waals surface area contributed by atoms with Crippen molar-refractivity contribution in [2.75, 3.05) is 19.0 Å². The van der Waals surface area contributed by atoms with Gasteiger partial charge in [0.2, 0.25) is 5.90 Å². The summed E-state index contributed by atoms with van der Waals surface area (Å²) in [4.78, 5) is 1.82. The van der Waals surface area contributed by atoms with Crippen molar-refractivity contribution in [1.82, 2.24) is 0 Å². The zero-order valence-electron chi connectivity index (χ0n) is 14.4. The van der Waals surface area contributed by atoms with E-state index in [0.29, 0.717) is 17.4 Å². The smallest absolute Gasteiger partial charge is 0.419 e. The molecule has 1 heterocycles. The molecule has 27 heavy (non-hydrogen) atoms. The Morgan fingerprint density at radius 3 is 2.41 bits per heavy atom. The first-order valence-electron chi connectivity index (χ1n) is 7.97. The molecule has 1 aliphatic heterocycles. The van der Waals surface area contributed by atoms with Crippen LogP contribution in [0.15, 0.2) is 36.4 Å². The van der Waals surface area contributed by atoms with Crippen LogP contribution in [0.2, 0.25) is 0 Å². The van der Waals surface area contributed by atoms with E-state index in [1.165, 1.54) is 0 Å². The summed E-state index contributed by atoms with van der Waals surface area (Å²) in [7, 11) is 3.63. The van der Waals surface area contributed by atoms with E-state index >= 15 is 0 Å². The third-order valence-corrected chi connectivity index (χ3v) is 4.48. The molecule has 0 spiro atoms. The van der Waals surface area contributed by atoms with Gasteiger partial charge in [0.15, 0.2) is 0 Å². The van der Waals surface area contributed by atoms with Crippen molar-refractivity contribution in [2.24, 2.45) is 5.92 Å². The van der Waals surface area contributed by atoms with Crippen molar-refractivity contribution in [3.8, 4) is 11.8 Å². The third-order valence-electron chi connectivity index (χ3n) is 4.48. The van der Waals surface area contributed by atoms with Gasteiger partial charge in [-0.25, -0.2) is 4.39 Å². The molecule has 0 saturated heterocycles. The van der Waals surface area contributed by atoms with E-state index in [-0.39, 0.29) is 11.5 Å². The summed E-state index contributed by atoms with van der Waals surface area (Å²) >= 11 is 0. The number of hydrogen-bond donors (Lipinski definition) is 1. The number of rotatable bonds is 2. The Hall–Kier alpha value is -3.08. The fraction of sp³-hybridized carbons (Fsp3) is 0.263. The third kappa shape index (κ3) is 3.33. The van der Waals surface area contributed by atoms with Gasteiger partial charge in [-0.15, -0.1) is 0 Å². The van der Waals surface area contributed by atoms with Crippen LogP contribution >= 0.6 is 0 Å². The average molecular weight is 377 g/mol. The molecule has 2 atom stereocenters. The zero-order valence-corrected chi connectivity index (χ0v) is 14.4. The average Bonchev–Trinajstić information content (AvgIpc) is 2.58. The predicted molar refractivity (Wildman–Crippen MR) is 91.5 cm³/mol. The van der Waals surface area contributed by atoms with Gasteiger partial charge in [0.25, 0.3) is 0 Å². The number of ether oxygens (including phenoxy) is 1. The number of hydrogen-bond acceptors (Lipinski definition) is 4. The monoisotopic (exact) mass is 377 g/mol. The Bertz CT molecular complexity index is 947. The van der Waals surface area contributed by atoms with Gasteiger partial charge in [0.05, 0.1) is 11.6 Å². The summed E-state index contributed by atoms with van der Waals surface area (Å²) < 4.78 is 58.0. The van der Waals surface area contributed by atoms with Gasteiger partial charge in [0, 0.05) is 37.3 Å². The lowest BCUT2D eigenvalue weighted by atomic mass is 9.79. The minimum absolute atomic E-state index is 0.180. The molecule has 0 bridgehead atoms. The van der Waals surface area contributed by atoms with Crippen LogP contribution in [0.5, 0.6) is 5.75 Å². The highest BCUT2D eigenvalue weighted by atomic mass is 19.4. The van der Waals surface area contributed by atoms with Gasteiger partial charge < -0.3 is 9.64 Å². The Kier molecular flexibility index (Phi) is 4.56. The van der Waals surface area contributed by atoms with E-state index in [9.17, 15) is 22.8 Å². The number of alkyl halides is 3. The molecule has 0 radical (unpaired) electrons. The maximum atomic E-state index is 14.1. The Morgan fingerprint density at radius 2 is 1.85 bits per heavy atom. The lowest BCUT2D eigenvalue weighted by molar-refractivity contribution is -0.140. The Balaban J connectivity index is 2.15. The second-order valence-corrected chi connectivity index (χ2v) is 6.40. The van der Waals surface area contributed by atoms with E-state index in [1.807, 2.05) is 25.1 Å². The van der Waals surface area contributed by atoms with Gasteiger partial charge in [-0.1, -0.05) is 12.1 Å². The highest BCUT2D eigenvalue weighted by molar-refractivity contribution is 5.85. The predicted octanol–water partition coefficient (Wildman–Crippen LogP) is 4.55. The molecule has 3 rings (SSSR count). The highest BCUT2D eigenvalue weighted by Crippen LogP contribution is 2.44. The van der Waals surface area contributed by atoms with E-state index in [1.54, 1.807) is 18.2 Å². The number of nitriles is 1. The van der Waals surface area contributed by atoms with Crippen molar-refractivity contribution >= 4 is 11.6 Å². The molecule has 0 amide bonds. The van der Waals surface area contributed by atoms with Gasteiger partial charge in [-0.2, -0.15) is 18.4 Å². The molecular formula is C19H15F4N3O. The van der Waals surface area contributed by atoms with Gasteiger partial charge in [-0.3, -0.25) is 5.41 Å². The molecule has 1 N–H and O–H groups in total. The normalized spacial score (nSPS) is 19.1. The molecule has 4 nitrogen and oxygen atoms in total. The van der Waals surface area contributed by atoms with Crippen LogP contribution < -0.4 is 9.64 Å². The zero-order chi connectivity index (χ0) is 19.9. The number of nitrogens with zero attached hydrogens (tertiary/aromatic N) is 2. The first kappa shape index (κ1) is 18.7. The van der Waals surface area contributed by atoms with E-state index in [0.717, 1.165) is 17.8 Å². The van der Waals surface area contributed by atoms with E-state index in [4.69, 9.17) is 10.1 Å². The summed E-state index contributed by atoms with van der Waals surface area (Å²) in [5.74, 6) is -3.30. The van der Waals surface area contributed by atoms with Crippen molar-refractivity contribution in [1.29, 1.82) is 10.7 Å². The van der Waals surface area contributed by atoms with E-state index in [2.05, 4.69) is 0 Å². The van der Waals surface area contributed by atoms with Crippen LogP contribution in [-0.4, -0.2) is 20.0 Å². The number of fused-ring (bicyclic) bond motifs is 1. The van der Waals surface area contributed by atoms with Crippen molar-refractivity contribution in [3.05, 3.63) is 58.9 Å². The SMILES string of the molecule is CN(C)c1ccc2c(c1)OC(=N)C(C#N)C2c1ccc(C(F)(F)F)c(F)c1. The number of anilines is 1. The summed E-state index contributed by atoms with van der Waals surface area (Å²) in [6.45, 7) is 0. The maximum Gasteiger partial charge on any atom is 0.419 e. The lowest BCUT2D eigenvalue weighted by Gasteiger charge is -2.31. The fourth-order valence-electron chi connectivity index (χ4n) is 3.12. The van der Waals surface area contributed by atoms with Crippen LogP contribution in [-0.2, 0) is 6.18 Å². The molecule has 1 aliphatic rings. The van der Waals surface area contributed by atoms with Crippen LogP contribution in [0.3, 0.4) is 0 Å². The highest BCUT2D eigenvalue weighted by Gasteiger charge is 2.39. The number of halogens is 4. The minimum atomic E-state index is -4.81. The van der Waals surface area contributed by atoms with Crippen LogP contribution in [0, 0.1) is 28.5 Å². The largest absolute Gasteiger partial charge is 0.442 e. The standard InChI is InChI=1S/C19H15F4N3O/c1-26(2)11-4-5-12-16(8-11)27-18(25)13(9-24)17(12)10-3-6-14(15(20)7-10)19(21,22)23/h3-8,13,17,25H,1-2H3. The number of nitrogens with one attached hydrogen (secondary N) is 1. The second-order valence-electron chi connectivity index (χ2n) is 6.40. The first-order chi connectivity index (χ1) is 12.6.